The average molecular weight is 600 g/mol. The molecule has 212 valence electrons. The zero-order chi connectivity index (χ0) is 29.4. The Kier molecular flexibility index (Phi) is 7.58. The van der Waals surface area contributed by atoms with Crippen LogP contribution < -0.4 is 15.5 Å². The van der Waals surface area contributed by atoms with E-state index >= 15 is 0 Å². The molecule has 2 heterocycles. The average Bonchev–Trinajstić information content (AvgIpc) is 3.31. The molecule has 0 unspecified atom stereocenters. The summed E-state index contributed by atoms with van der Waals surface area (Å²) in [5, 5.41) is 7.56. The summed E-state index contributed by atoms with van der Waals surface area (Å²) in [4.78, 5) is 4.52. The zero-order valence-electron chi connectivity index (χ0n) is 21.8. The molecule has 0 saturated carbocycles. The van der Waals surface area contributed by atoms with Crippen molar-refractivity contribution in [3.05, 3.63) is 84.1 Å². The van der Waals surface area contributed by atoms with Gasteiger partial charge in [0.1, 0.15) is 17.5 Å². The van der Waals surface area contributed by atoms with Gasteiger partial charge in [-0.15, -0.1) is 13.2 Å². The van der Waals surface area contributed by atoms with Crippen LogP contribution in [0, 0.1) is 0 Å². The third-order valence-electron chi connectivity index (χ3n) is 6.33. The van der Waals surface area contributed by atoms with E-state index < -0.39 is 16.2 Å². The minimum Gasteiger partial charge on any atom is -0.406 e. The molecule has 4 aromatic rings. The predicted octanol–water partition coefficient (Wildman–Crippen LogP) is 6.30. The number of hydrogen-bond acceptors (Lipinski definition) is 6. The Morgan fingerprint density at radius 3 is 2.56 bits per heavy atom. The molecule has 2 N–H and O–H groups in total. The van der Waals surface area contributed by atoms with Crippen LogP contribution in [0.5, 0.6) is 5.75 Å². The second-order valence-corrected chi connectivity index (χ2v) is 11.9. The van der Waals surface area contributed by atoms with Crippen molar-refractivity contribution in [2.24, 2.45) is 5.10 Å². The summed E-state index contributed by atoms with van der Waals surface area (Å²) in [6, 6.07) is 17.8. The Morgan fingerprint density at radius 2 is 1.85 bits per heavy atom. The number of ether oxygens (including phenoxy) is 1. The summed E-state index contributed by atoms with van der Waals surface area (Å²) in [5.74, 6) is -0.0323. The molecule has 41 heavy (non-hydrogen) atoms. The molecular weight excluding hydrogens is 575 g/mol. The van der Waals surface area contributed by atoms with Crippen molar-refractivity contribution in [2.45, 2.75) is 36.9 Å². The van der Waals surface area contributed by atoms with Gasteiger partial charge in [-0.2, -0.15) is 5.10 Å². The number of nitrogens with zero attached hydrogens (tertiary/aromatic N) is 3. The summed E-state index contributed by atoms with van der Waals surface area (Å²) >= 11 is 5.35. The van der Waals surface area contributed by atoms with Gasteiger partial charge in [-0.25, -0.2) is 13.4 Å². The molecule has 0 atom stereocenters. The lowest BCUT2D eigenvalue weighted by molar-refractivity contribution is -0.274. The topological polar surface area (TPSA) is 97.6 Å². The van der Waals surface area contributed by atoms with Gasteiger partial charge < -0.3 is 14.6 Å². The molecule has 8 nitrogen and oxygen atoms in total. The molecule has 1 aliphatic rings. The number of sulfone groups is 1. The number of aromatic nitrogens is 2. The van der Waals surface area contributed by atoms with Crippen LogP contribution in [0.3, 0.4) is 0 Å². The van der Waals surface area contributed by atoms with Crippen LogP contribution in [-0.4, -0.2) is 35.7 Å². The van der Waals surface area contributed by atoms with Gasteiger partial charge in [0, 0.05) is 16.8 Å². The van der Waals surface area contributed by atoms with Crippen LogP contribution >= 0.6 is 12.2 Å². The molecule has 0 saturated heterocycles. The minimum absolute atomic E-state index is 0.103. The predicted molar refractivity (Wildman–Crippen MR) is 154 cm³/mol. The highest BCUT2D eigenvalue weighted by Crippen LogP contribution is 2.37. The standard InChI is InChI=1S/C28H24F3N5O3S2/c1-17(2)21-5-3-4-6-23(21)34-27(40)35-33-14-18-7-12-22-25(13-18)41(37,38)16-36-24(15-32-26(22)36)19-8-10-20(11-9-19)39-28(29,30)31/h3-15,17H,16H2,1-2H3,(H2,34,35,40). The maximum Gasteiger partial charge on any atom is 0.573 e. The Hall–Kier alpha value is -4.23. The molecule has 0 aliphatic carbocycles. The van der Waals surface area contributed by atoms with E-state index in [0.29, 0.717) is 34.1 Å². The number of alkyl halides is 3. The van der Waals surface area contributed by atoms with Crippen molar-refractivity contribution in [1.82, 2.24) is 15.0 Å². The molecule has 5 rings (SSSR count). The fourth-order valence-corrected chi connectivity index (χ4v) is 6.22. The van der Waals surface area contributed by atoms with Gasteiger partial charge in [0.25, 0.3) is 0 Å². The number of hydrogen-bond donors (Lipinski definition) is 2. The summed E-state index contributed by atoms with van der Waals surface area (Å²) in [7, 11) is -3.78. The maximum absolute atomic E-state index is 13.3. The van der Waals surface area contributed by atoms with E-state index in [4.69, 9.17) is 12.2 Å². The smallest absolute Gasteiger partial charge is 0.406 e. The number of halogens is 3. The third-order valence-corrected chi connectivity index (χ3v) is 8.13. The molecule has 13 heteroatoms. The minimum atomic E-state index is -4.81. The van der Waals surface area contributed by atoms with Crippen molar-refractivity contribution in [3.63, 3.8) is 0 Å². The molecule has 0 bridgehead atoms. The molecule has 0 spiro atoms. The summed E-state index contributed by atoms with van der Waals surface area (Å²) in [6.45, 7) is 4.17. The maximum atomic E-state index is 13.3. The summed E-state index contributed by atoms with van der Waals surface area (Å²) < 4.78 is 69.4. The highest BCUT2D eigenvalue weighted by Gasteiger charge is 2.32. The number of imidazole rings is 1. The van der Waals surface area contributed by atoms with E-state index in [1.54, 1.807) is 12.1 Å². The van der Waals surface area contributed by atoms with Crippen LogP contribution in [0.4, 0.5) is 18.9 Å². The van der Waals surface area contributed by atoms with E-state index in [0.717, 1.165) is 23.4 Å². The van der Waals surface area contributed by atoms with E-state index in [9.17, 15) is 21.6 Å². The van der Waals surface area contributed by atoms with E-state index in [2.05, 4.69) is 39.4 Å². The highest BCUT2D eigenvalue weighted by molar-refractivity contribution is 7.90. The van der Waals surface area contributed by atoms with Crippen molar-refractivity contribution >= 4 is 39.1 Å². The quantitative estimate of drug-likeness (QED) is 0.152. The fourth-order valence-electron chi connectivity index (χ4n) is 4.51. The number of rotatable bonds is 6. The number of hydrazone groups is 1. The van der Waals surface area contributed by atoms with Gasteiger partial charge in [0.15, 0.2) is 14.9 Å². The number of benzene rings is 3. The lowest BCUT2D eigenvalue weighted by atomic mass is 10.0. The molecule has 0 fully saturated rings. The fraction of sp³-hybridized carbons (Fsp3) is 0.179. The first kappa shape index (κ1) is 28.3. The van der Waals surface area contributed by atoms with Crippen LogP contribution in [0.1, 0.15) is 30.9 Å². The van der Waals surface area contributed by atoms with Crippen LogP contribution in [0.2, 0.25) is 0 Å². The largest absolute Gasteiger partial charge is 0.573 e. The third kappa shape index (κ3) is 6.25. The van der Waals surface area contributed by atoms with E-state index in [1.165, 1.54) is 35.2 Å². The van der Waals surface area contributed by atoms with Crippen LogP contribution in [0.15, 0.2) is 82.9 Å². The first-order chi connectivity index (χ1) is 19.4. The van der Waals surface area contributed by atoms with Gasteiger partial charge in [-0.1, -0.05) is 38.1 Å². The highest BCUT2D eigenvalue weighted by atomic mass is 32.2. The summed E-state index contributed by atoms with van der Waals surface area (Å²) in [6.07, 6.45) is -1.85. The molecule has 3 aromatic carbocycles. The van der Waals surface area contributed by atoms with Crippen molar-refractivity contribution in [2.75, 3.05) is 5.32 Å². The van der Waals surface area contributed by atoms with Gasteiger partial charge in [-0.3, -0.25) is 5.43 Å². The van der Waals surface area contributed by atoms with Crippen LogP contribution in [0.25, 0.3) is 22.6 Å². The Morgan fingerprint density at radius 1 is 1.12 bits per heavy atom. The molecular formula is C28H24F3N5O3S2. The van der Waals surface area contributed by atoms with Gasteiger partial charge >= 0.3 is 6.36 Å². The number of anilines is 1. The number of para-hydroxylation sites is 1. The van der Waals surface area contributed by atoms with Crippen LogP contribution in [-0.2, 0) is 15.7 Å². The van der Waals surface area contributed by atoms with Crippen molar-refractivity contribution in [3.8, 4) is 28.4 Å². The lowest BCUT2D eigenvalue weighted by Gasteiger charge is -2.21. The van der Waals surface area contributed by atoms with Gasteiger partial charge in [0.05, 0.1) is 23.0 Å². The Labute approximate surface area is 239 Å². The number of fused-ring (bicyclic) bond motifs is 3. The van der Waals surface area contributed by atoms with Gasteiger partial charge in [-0.05, 0) is 71.7 Å². The number of thiocarbonyl (C=S) groups is 1. The second kappa shape index (κ2) is 11.0. The first-order valence-corrected chi connectivity index (χ1v) is 14.5. The van der Waals surface area contributed by atoms with Crippen molar-refractivity contribution < 1.29 is 26.3 Å². The zero-order valence-corrected chi connectivity index (χ0v) is 23.4. The summed E-state index contributed by atoms with van der Waals surface area (Å²) in [5.41, 5.74) is 6.61. The Balaban J connectivity index is 1.34. The molecule has 1 aromatic heterocycles. The monoisotopic (exact) mass is 599 g/mol. The van der Waals surface area contributed by atoms with Gasteiger partial charge in [0.2, 0.25) is 0 Å². The van der Waals surface area contributed by atoms with E-state index in [1.807, 2.05) is 24.3 Å². The molecule has 0 amide bonds. The molecule has 0 radical (unpaired) electrons. The Bertz CT molecular complexity index is 1750. The van der Waals surface area contributed by atoms with E-state index in [-0.39, 0.29) is 21.6 Å². The van der Waals surface area contributed by atoms with Crippen molar-refractivity contribution in [1.29, 1.82) is 0 Å². The normalized spacial score (nSPS) is 14.0. The second-order valence-electron chi connectivity index (χ2n) is 9.53. The first-order valence-electron chi connectivity index (χ1n) is 12.4. The molecule has 1 aliphatic heterocycles. The lowest BCUT2D eigenvalue weighted by Crippen LogP contribution is -2.24. The SMILES string of the molecule is CC(C)c1ccccc1NC(=S)NN=Cc1ccc2c(c1)S(=O)(=O)Cn1c(-c3ccc(OC(F)(F)F)cc3)cnc1-2. The number of nitrogens with one attached hydrogen (secondary N) is 2.